The number of carbonyl (C=O) groups excluding carboxylic acids is 3. The zero-order valence-electron chi connectivity index (χ0n) is 12.8. The minimum atomic E-state index is -1.27. The largest absolute Gasteiger partial charge is 0.477 e. The molecule has 0 aliphatic carbocycles. The number of aromatic nitrogens is 1. The number of ketones is 1. The summed E-state index contributed by atoms with van der Waals surface area (Å²) in [5, 5.41) is 12.6. The fourth-order valence-corrected chi connectivity index (χ4v) is 4.58. The molecule has 1 aromatic rings. The van der Waals surface area contributed by atoms with Gasteiger partial charge in [0.05, 0.1) is 0 Å². The van der Waals surface area contributed by atoms with E-state index in [9.17, 15) is 24.3 Å². The number of Topliss-reactive ketones (excluding diaryl/α,β-unsaturated/α-hetero) is 1. The molecule has 1 saturated heterocycles. The van der Waals surface area contributed by atoms with Crippen LogP contribution >= 0.6 is 34.7 Å². The fraction of sp³-hybridized carbons (Fsp3) is 0.214. The average Bonchev–Trinajstić information content (AvgIpc) is 3.04. The normalized spacial score (nSPS) is 22.2. The Morgan fingerprint density at radius 1 is 1.46 bits per heavy atom. The van der Waals surface area contributed by atoms with E-state index in [1.165, 1.54) is 28.8 Å². The van der Waals surface area contributed by atoms with Crippen molar-refractivity contribution in [2.24, 2.45) is 0 Å². The molecular formula is C14H11ClN4O5S2. The molecule has 2 aliphatic heterocycles. The van der Waals surface area contributed by atoms with E-state index in [1.807, 2.05) is 0 Å². The van der Waals surface area contributed by atoms with Crippen molar-refractivity contribution in [3.63, 3.8) is 0 Å². The van der Waals surface area contributed by atoms with E-state index in [0.717, 1.165) is 16.2 Å². The molecule has 1 fully saturated rings. The minimum Gasteiger partial charge on any atom is -0.477 e. The molecule has 4 N–H and O–H groups in total. The number of β-lactam (4-membered cyclic amide) rings is 1. The molecule has 0 aromatic carbocycles. The summed E-state index contributed by atoms with van der Waals surface area (Å²) in [6.07, 6.45) is 1.41. The van der Waals surface area contributed by atoms with Gasteiger partial charge in [-0.3, -0.25) is 19.3 Å². The second-order valence-electron chi connectivity index (χ2n) is 5.23. The maximum atomic E-state index is 12.4. The first-order chi connectivity index (χ1) is 12.3. The summed E-state index contributed by atoms with van der Waals surface area (Å²) in [4.78, 5) is 52.8. The molecule has 9 nitrogen and oxygen atoms in total. The minimum absolute atomic E-state index is 0.106. The van der Waals surface area contributed by atoms with Crippen LogP contribution in [0.3, 0.4) is 0 Å². The summed E-state index contributed by atoms with van der Waals surface area (Å²) in [7, 11) is 0. The first-order valence-corrected chi connectivity index (χ1v) is 9.45. The Hall–Kier alpha value is -2.37. The number of allylic oxidation sites excluding steroid dienone is 1. The van der Waals surface area contributed by atoms with E-state index in [-0.39, 0.29) is 16.5 Å². The number of aliphatic carboxylic acids is 1. The van der Waals surface area contributed by atoms with E-state index in [4.69, 9.17) is 17.3 Å². The number of carboxylic acids is 1. The molecule has 1 aromatic heterocycles. The van der Waals surface area contributed by atoms with E-state index in [2.05, 4.69) is 10.3 Å². The number of nitrogens with two attached hydrogens (primary N) is 1. The summed E-state index contributed by atoms with van der Waals surface area (Å²) in [5.41, 5.74) is 6.70. The molecule has 2 atom stereocenters. The van der Waals surface area contributed by atoms with Crippen LogP contribution in [0.2, 0.25) is 0 Å². The number of hydrogen-bond donors (Lipinski definition) is 3. The van der Waals surface area contributed by atoms with Crippen molar-refractivity contribution in [1.82, 2.24) is 15.2 Å². The SMILES string of the molecule is Nc1nc(C(=O)C(=O)NC2C(=O)N3C(C(=O)O)=C(/C=C/Cl)CS[C@H]23)cs1. The van der Waals surface area contributed by atoms with Gasteiger partial charge < -0.3 is 16.2 Å². The van der Waals surface area contributed by atoms with Crippen LogP contribution in [0.25, 0.3) is 0 Å². The zero-order chi connectivity index (χ0) is 19.0. The lowest BCUT2D eigenvalue weighted by molar-refractivity contribution is -0.150. The summed E-state index contributed by atoms with van der Waals surface area (Å²) < 4.78 is 0. The second-order valence-corrected chi connectivity index (χ2v) is 7.48. The highest BCUT2D eigenvalue weighted by molar-refractivity contribution is 8.00. The molecule has 1 unspecified atom stereocenters. The van der Waals surface area contributed by atoms with Gasteiger partial charge in [0.25, 0.3) is 17.6 Å². The number of amides is 2. The lowest BCUT2D eigenvalue weighted by atomic mass is 10.0. The highest BCUT2D eigenvalue weighted by Gasteiger charge is 2.54. The molecule has 3 rings (SSSR count). The van der Waals surface area contributed by atoms with Crippen LogP contribution in [0.5, 0.6) is 0 Å². The number of nitrogens with one attached hydrogen (secondary N) is 1. The topological polar surface area (TPSA) is 143 Å². The summed E-state index contributed by atoms with van der Waals surface area (Å²) in [5.74, 6) is -3.50. The van der Waals surface area contributed by atoms with Crippen molar-refractivity contribution >= 4 is 63.4 Å². The van der Waals surface area contributed by atoms with E-state index in [0.29, 0.717) is 11.3 Å². The van der Waals surface area contributed by atoms with Gasteiger partial charge in [-0.15, -0.1) is 23.1 Å². The molecule has 2 amide bonds. The molecular weight excluding hydrogens is 404 g/mol. The number of fused-ring (bicyclic) bond motifs is 1. The monoisotopic (exact) mass is 414 g/mol. The number of carboxylic acid groups (broad SMARTS) is 1. The number of nitrogen functional groups attached to an aromatic ring is 1. The van der Waals surface area contributed by atoms with Crippen LogP contribution < -0.4 is 11.1 Å². The molecule has 0 spiro atoms. The fourth-order valence-electron chi connectivity index (χ4n) is 2.56. The highest BCUT2D eigenvalue weighted by Crippen LogP contribution is 2.40. The van der Waals surface area contributed by atoms with Crippen molar-refractivity contribution in [1.29, 1.82) is 0 Å². The number of thiazole rings is 1. The number of halogens is 1. The number of hydrogen-bond acceptors (Lipinski definition) is 8. The second kappa shape index (κ2) is 7.09. The third kappa shape index (κ3) is 3.08. The Kier molecular flexibility index (Phi) is 5.03. The molecule has 3 heterocycles. The molecule has 12 heteroatoms. The molecule has 2 aliphatic rings. The van der Waals surface area contributed by atoms with Crippen molar-refractivity contribution < 1.29 is 24.3 Å². The first-order valence-electron chi connectivity index (χ1n) is 7.09. The number of anilines is 1. The van der Waals surface area contributed by atoms with Gasteiger partial charge in [-0.05, 0) is 11.6 Å². The Balaban J connectivity index is 1.75. The number of carbonyl (C=O) groups is 4. The standard InChI is InChI=1S/C14H11ClN4O5S2/c15-2-1-5-3-25-12-7(11(22)19(12)8(5)13(23)24)18-10(21)9(20)6-4-26-14(16)17-6/h1-2,4,7,12H,3H2,(H2,16,17)(H,18,21)(H,23,24)/b2-1+/t7?,12-/m1/s1. The molecule has 0 saturated carbocycles. The van der Waals surface area contributed by atoms with Crippen molar-refractivity contribution in [2.75, 3.05) is 11.5 Å². The lowest BCUT2D eigenvalue weighted by Crippen LogP contribution is -2.71. The van der Waals surface area contributed by atoms with E-state index < -0.39 is 35.0 Å². The molecule has 0 radical (unpaired) electrons. The Labute approximate surface area is 159 Å². The molecule has 136 valence electrons. The van der Waals surface area contributed by atoms with E-state index >= 15 is 0 Å². The van der Waals surface area contributed by atoms with Crippen LogP contribution in [0.15, 0.2) is 28.3 Å². The first kappa shape index (κ1) is 18.4. The van der Waals surface area contributed by atoms with Gasteiger partial charge in [-0.1, -0.05) is 11.6 Å². The van der Waals surface area contributed by atoms with Crippen LogP contribution in [0.4, 0.5) is 5.13 Å². The van der Waals surface area contributed by atoms with Gasteiger partial charge in [0.1, 0.15) is 22.8 Å². The van der Waals surface area contributed by atoms with Crippen molar-refractivity contribution in [3.05, 3.63) is 34.0 Å². The van der Waals surface area contributed by atoms with E-state index in [1.54, 1.807) is 0 Å². The molecule has 0 bridgehead atoms. The third-order valence-corrected chi connectivity index (χ3v) is 5.81. The quantitative estimate of drug-likeness (QED) is 0.357. The summed E-state index contributed by atoms with van der Waals surface area (Å²) in [6, 6.07) is -0.997. The number of thioether (sulfide) groups is 1. The van der Waals surface area contributed by atoms with Crippen LogP contribution in [-0.4, -0.2) is 55.7 Å². The van der Waals surface area contributed by atoms with Crippen LogP contribution in [0, 0.1) is 0 Å². The maximum absolute atomic E-state index is 12.4. The Morgan fingerprint density at radius 2 is 2.19 bits per heavy atom. The molecule has 26 heavy (non-hydrogen) atoms. The van der Waals surface area contributed by atoms with Gasteiger partial charge in [-0.25, -0.2) is 9.78 Å². The number of nitrogens with zero attached hydrogens (tertiary/aromatic N) is 2. The number of rotatable bonds is 5. The lowest BCUT2D eigenvalue weighted by Gasteiger charge is -2.49. The third-order valence-electron chi connectivity index (χ3n) is 3.71. The van der Waals surface area contributed by atoms with Crippen molar-refractivity contribution in [3.8, 4) is 0 Å². The predicted molar refractivity (Wildman–Crippen MR) is 95.5 cm³/mol. The van der Waals surface area contributed by atoms with Gasteiger partial charge in [-0.2, -0.15) is 0 Å². The smallest absolute Gasteiger partial charge is 0.352 e. The zero-order valence-corrected chi connectivity index (χ0v) is 15.2. The van der Waals surface area contributed by atoms with Gasteiger partial charge in [0, 0.05) is 16.7 Å². The Morgan fingerprint density at radius 3 is 2.77 bits per heavy atom. The highest BCUT2D eigenvalue weighted by atomic mass is 35.5. The van der Waals surface area contributed by atoms with Gasteiger partial charge >= 0.3 is 5.97 Å². The van der Waals surface area contributed by atoms with Crippen LogP contribution in [-0.2, 0) is 14.4 Å². The summed E-state index contributed by atoms with van der Waals surface area (Å²) in [6.45, 7) is 0. The van der Waals surface area contributed by atoms with Crippen molar-refractivity contribution in [2.45, 2.75) is 11.4 Å². The Bertz CT molecular complexity index is 880. The van der Waals surface area contributed by atoms with Crippen LogP contribution in [0.1, 0.15) is 10.5 Å². The summed E-state index contributed by atoms with van der Waals surface area (Å²) >= 11 is 7.78. The maximum Gasteiger partial charge on any atom is 0.352 e. The predicted octanol–water partition coefficient (Wildman–Crippen LogP) is 0.399. The van der Waals surface area contributed by atoms with Gasteiger partial charge in [0.15, 0.2) is 5.13 Å². The van der Waals surface area contributed by atoms with Gasteiger partial charge in [0.2, 0.25) is 0 Å². The average molecular weight is 415 g/mol.